The highest BCUT2D eigenvalue weighted by Gasteiger charge is 2.35. The minimum absolute atomic E-state index is 0.0973. The van der Waals surface area contributed by atoms with Gasteiger partial charge < -0.3 is 20.1 Å². The molecule has 2 aliphatic rings. The number of aromatic nitrogens is 1. The highest BCUT2D eigenvalue weighted by Crippen LogP contribution is 2.36. The van der Waals surface area contributed by atoms with Crippen LogP contribution in [0.15, 0.2) is 5.51 Å². The second kappa shape index (κ2) is 9.97. The molecule has 0 radical (unpaired) electrons. The summed E-state index contributed by atoms with van der Waals surface area (Å²) < 4.78 is 10.3. The largest absolute Gasteiger partial charge is 0.467 e. The van der Waals surface area contributed by atoms with E-state index in [1.807, 2.05) is 5.51 Å². The molecular formula is C22H33N3O5S. The number of fused-ring (bicyclic) bond motifs is 1. The van der Waals surface area contributed by atoms with Gasteiger partial charge in [0.1, 0.15) is 17.7 Å². The number of methoxy groups -OCH3 is 1. The predicted octanol–water partition coefficient (Wildman–Crippen LogP) is 3.30. The van der Waals surface area contributed by atoms with Crippen LogP contribution in [0, 0.1) is 5.92 Å². The number of ether oxygens (including phenoxy) is 2. The van der Waals surface area contributed by atoms with Gasteiger partial charge in [0.2, 0.25) is 5.91 Å². The summed E-state index contributed by atoms with van der Waals surface area (Å²) in [5.41, 5.74) is 2.21. The van der Waals surface area contributed by atoms with Crippen LogP contribution in [0.3, 0.4) is 0 Å². The number of nitrogens with zero attached hydrogens (tertiary/aromatic N) is 1. The van der Waals surface area contributed by atoms with Crippen molar-refractivity contribution in [1.29, 1.82) is 0 Å². The normalized spacial score (nSPS) is 20.2. The third kappa shape index (κ3) is 6.92. The first-order valence-corrected chi connectivity index (χ1v) is 11.8. The van der Waals surface area contributed by atoms with Gasteiger partial charge in [-0.3, -0.25) is 4.79 Å². The minimum atomic E-state index is -0.794. The zero-order valence-electron chi connectivity index (χ0n) is 18.7. The molecule has 0 bridgehead atoms. The van der Waals surface area contributed by atoms with E-state index in [9.17, 15) is 14.4 Å². The standard InChI is InChI=1S/C22H33N3O5S/c1-22(2,3)30-21(28)25-15(10-13-8-9-13)19(26)24-16(20(27)29-4)11-14-6-5-7-17-18(14)23-12-31-17/h12-16H,5-11H2,1-4H3,(H,24,26)(H,25,28). The second-order valence-corrected chi connectivity index (χ2v) is 10.4. The molecule has 3 atom stereocenters. The third-order valence-electron chi connectivity index (χ3n) is 5.61. The average molecular weight is 452 g/mol. The molecule has 0 aromatic carbocycles. The molecule has 0 aliphatic heterocycles. The van der Waals surface area contributed by atoms with Gasteiger partial charge in [-0.25, -0.2) is 14.6 Å². The van der Waals surface area contributed by atoms with E-state index in [2.05, 4.69) is 15.6 Å². The summed E-state index contributed by atoms with van der Waals surface area (Å²) in [6.07, 6.45) is 5.35. The molecule has 0 saturated heterocycles. The maximum Gasteiger partial charge on any atom is 0.408 e. The quantitative estimate of drug-likeness (QED) is 0.588. The van der Waals surface area contributed by atoms with Crippen molar-refractivity contribution in [3.8, 4) is 0 Å². The Morgan fingerprint density at radius 2 is 1.90 bits per heavy atom. The number of carbonyl (C=O) groups is 3. The van der Waals surface area contributed by atoms with Crippen molar-refractivity contribution < 1.29 is 23.9 Å². The first-order chi connectivity index (χ1) is 14.7. The van der Waals surface area contributed by atoms with Gasteiger partial charge >= 0.3 is 12.1 Å². The van der Waals surface area contributed by atoms with Crippen LogP contribution in [-0.2, 0) is 25.5 Å². The fourth-order valence-corrected chi connectivity index (χ4v) is 4.85. The fraction of sp³-hybridized carbons (Fsp3) is 0.727. The maximum atomic E-state index is 13.1. The van der Waals surface area contributed by atoms with Crippen LogP contribution in [0.2, 0.25) is 0 Å². The molecule has 1 aromatic heterocycles. The molecular weight excluding hydrogens is 418 g/mol. The van der Waals surface area contributed by atoms with E-state index < -0.39 is 29.7 Å². The van der Waals surface area contributed by atoms with Gasteiger partial charge in [0.15, 0.2) is 0 Å². The van der Waals surface area contributed by atoms with E-state index in [1.54, 1.807) is 32.1 Å². The number of thiazole rings is 1. The summed E-state index contributed by atoms with van der Waals surface area (Å²) in [6.45, 7) is 5.31. The summed E-state index contributed by atoms with van der Waals surface area (Å²) in [4.78, 5) is 43.6. The lowest BCUT2D eigenvalue weighted by molar-refractivity contribution is -0.145. The number of carbonyl (C=O) groups excluding carboxylic acids is 3. The monoisotopic (exact) mass is 451 g/mol. The lowest BCUT2D eigenvalue weighted by Gasteiger charge is -2.27. The molecule has 1 saturated carbocycles. The topological polar surface area (TPSA) is 107 Å². The Labute approximate surface area is 187 Å². The predicted molar refractivity (Wildman–Crippen MR) is 117 cm³/mol. The Kier molecular flexibility index (Phi) is 7.56. The highest BCUT2D eigenvalue weighted by atomic mass is 32.1. The van der Waals surface area contributed by atoms with Crippen LogP contribution in [0.1, 0.15) is 75.8 Å². The van der Waals surface area contributed by atoms with Gasteiger partial charge in [0, 0.05) is 10.8 Å². The van der Waals surface area contributed by atoms with Crippen LogP contribution in [-0.4, -0.2) is 47.7 Å². The summed E-state index contributed by atoms with van der Waals surface area (Å²) in [6, 6.07) is -1.55. The molecule has 2 N–H and O–H groups in total. The maximum absolute atomic E-state index is 13.1. The Balaban J connectivity index is 1.67. The van der Waals surface area contributed by atoms with Gasteiger partial charge in [-0.15, -0.1) is 11.3 Å². The molecule has 0 spiro atoms. The van der Waals surface area contributed by atoms with Gasteiger partial charge in [0.05, 0.1) is 18.3 Å². The fourth-order valence-electron chi connectivity index (χ4n) is 3.96. The van der Waals surface area contributed by atoms with Crippen LogP contribution < -0.4 is 10.6 Å². The van der Waals surface area contributed by atoms with E-state index in [0.29, 0.717) is 18.8 Å². The molecule has 1 aromatic rings. The highest BCUT2D eigenvalue weighted by molar-refractivity contribution is 7.09. The summed E-state index contributed by atoms with van der Waals surface area (Å²) in [5.74, 6) is -0.376. The summed E-state index contributed by atoms with van der Waals surface area (Å²) in [7, 11) is 1.32. The summed E-state index contributed by atoms with van der Waals surface area (Å²) in [5, 5.41) is 5.52. The number of rotatable bonds is 8. The van der Waals surface area contributed by atoms with Crippen molar-refractivity contribution >= 4 is 29.3 Å². The van der Waals surface area contributed by atoms with E-state index in [4.69, 9.17) is 9.47 Å². The number of hydrogen-bond donors (Lipinski definition) is 2. The smallest absolute Gasteiger partial charge is 0.408 e. The number of alkyl carbamates (subject to hydrolysis) is 1. The zero-order chi connectivity index (χ0) is 22.6. The van der Waals surface area contributed by atoms with Crippen molar-refractivity contribution in [2.24, 2.45) is 5.92 Å². The van der Waals surface area contributed by atoms with Crippen molar-refractivity contribution in [3.05, 3.63) is 16.1 Å². The van der Waals surface area contributed by atoms with Gasteiger partial charge in [-0.05, 0) is 58.8 Å². The van der Waals surface area contributed by atoms with Crippen LogP contribution in [0.25, 0.3) is 0 Å². The van der Waals surface area contributed by atoms with E-state index in [1.165, 1.54) is 12.0 Å². The van der Waals surface area contributed by atoms with Crippen molar-refractivity contribution in [3.63, 3.8) is 0 Å². The lowest BCUT2D eigenvalue weighted by atomic mass is 9.86. The van der Waals surface area contributed by atoms with Gasteiger partial charge in [-0.2, -0.15) is 0 Å². The first-order valence-electron chi connectivity index (χ1n) is 11.0. The number of aryl methyl sites for hydroxylation is 1. The molecule has 172 valence electrons. The van der Waals surface area contributed by atoms with E-state index >= 15 is 0 Å². The molecule has 2 amide bonds. The molecule has 2 aliphatic carbocycles. The minimum Gasteiger partial charge on any atom is -0.467 e. The first kappa shape index (κ1) is 23.5. The SMILES string of the molecule is COC(=O)C(CC1CCCc2scnc21)NC(=O)C(CC1CC1)NC(=O)OC(C)(C)C. The second-order valence-electron chi connectivity index (χ2n) is 9.45. The molecule has 8 nitrogen and oxygen atoms in total. The zero-order valence-corrected chi connectivity index (χ0v) is 19.5. The van der Waals surface area contributed by atoms with E-state index in [-0.39, 0.29) is 11.8 Å². The Bertz CT molecular complexity index is 799. The Morgan fingerprint density at radius 3 is 2.55 bits per heavy atom. The molecule has 31 heavy (non-hydrogen) atoms. The van der Waals surface area contributed by atoms with Crippen molar-refractivity contribution in [2.45, 2.75) is 89.3 Å². The Morgan fingerprint density at radius 1 is 1.16 bits per heavy atom. The number of amides is 2. The van der Waals surface area contributed by atoms with Crippen LogP contribution in [0.5, 0.6) is 0 Å². The van der Waals surface area contributed by atoms with E-state index in [0.717, 1.165) is 37.8 Å². The third-order valence-corrected chi connectivity index (χ3v) is 6.52. The average Bonchev–Trinajstić information content (AvgIpc) is 3.37. The number of hydrogen-bond acceptors (Lipinski definition) is 7. The van der Waals surface area contributed by atoms with Crippen LogP contribution in [0.4, 0.5) is 4.79 Å². The van der Waals surface area contributed by atoms with Crippen molar-refractivity contribution in [2.75, 3.05) is 7.11 Å². The molecule has 1 fully saturated rings. The molecule has 9 heteroatoms. The summed E-state index contributed by atoms with van der Waals surface area (Å²) >= 11 is 1.64. The number of nitrogens with one attached hydrogen (secondary N) is 2. The van der Waals surface area contributed by atoms with Gasteiger partial charge in [-0.1, -0.05) is 12.8 Å². The molecule has 3 rings (SSSR count). The van der Waals surface area contributed by atoms with Gasteiger partial charge in [0.25, 0.3) is 0 Å². The van der Waals surface area contributed by atoms with Crippen LogP contribution >= 0.6 is 11.3 Å². The van der Waals surface area contributed by atoms with Crippen molar-refractivity contribution in [1.82, 2.24) is 15.6 Å². The Hall–Kier alpha value is -2.16. The molecule has 1 heterocycles. The number of esters is 1. The lowest BCUT2D eigenvalue weighted by Crippen LogP contribution is -2.53. The molecule has 3 unspecified atom stereocenters.